The molecule has 0 unspecified atom stereocenters. The molecule has 0 atom stereocenters. The number of methoxy groups -OCH3 is 2. The molecular weight excluding hydrogens is 488 g/mol. The fraction of sp³-hybridized carbons (Fsp3) is 0.0952. The smallest absolute Gasteiger partial charge is 0.267 e. The molecular formula is C21H17ClN4O5S2. The van der Waals surface area contributed by atoms with Crippen molar-refractivity contribution in [2.45, 2.75) is 4.90 Å². The third-order valence-electron chi connectivity index (χ3n) is 4.55. The summed E-state index contributed by atoms with van der Waals surface area (Å²) in [6.07, 6.45) is 2.72. The lowest BCUT2D eigenvalue weighted by Gasteiger charge is -2.10. The van der Waals surface area contributed by atoms with Crippen LogP contribution in [0.15, 0.2) is 59.8 Å². The summed E-state index contributed by atoms with van der Waals surface area (Å²) in [6, 6.07) is 11.0. The van der Waals surface area contributed by atoms with Crippen molar-refractivity contribution in [2.75, 3.05) is 24.3 Å². The molecule has 0 aliphatic rings. The number of thiophene rings is 1. The lowest BCUT2D eigenvalue weighted by molar-refractivity contribution is 0.103. The molecule has 12 heteroatoms. The molecule has 4 aromatic rings. The van der Waals surface area contributed by atoms with E-state index in [9.17, 15) is 13.2 Å². The van der Waals surface area contributed by atoms with E-state index in [-0.39, 0.29) is 16.6 Å². The average molecular weight is 505 g/mol. The van der Waals surface area contributed by atoms with E-state index in [1.807, 2.05) is 0 Å². The van der Waals surface area contributed by atoms with E-state index < -0.39 is 15.9 Å². The summed E-state index contributed by atoms with van der Waals surface area (Å²) in [5, 5.41) is 3.83. The van der Waals surface area contributed by atoms with Gasteiger partial charge in [0.05, 0.1) is 24.1 Å². The molecule has 33 heavy (non-hydrogen) atoms. The second kappa shape index (κ2) is 9.22. The van der Waals surface area contributed by atoms with Crippen LogP contribution in [0.2, 0.25) is 5.02 Å². The van der Waals surface area contributed by atoms with E-state index in [0.717, 1.165) is 10.1 Å². The number of hydrogen-bond acceptors (Lipinski definition) is 8. The summed E-state index contributed by atoms with van der Waals surface area (Å²) in [6.45, 7) is 0. The van der Waals surface area contributed by atoms with Gasteiger partial charge in [0.25, 0.3) is 21.8 Å². The number of nitrogens with zero attached hydrogens (tertiary/aromatic N) is 2. The largest absolute Gasteiger partial charge is 0.497 e. The number of ether oxygens (including phenoxy) is 2. The fourth-order valence-corrected chi connectivity index (χ4v) is 5.40. The van der Waals surface area contributed by atoms with E-state index >= 15 is 0 Å². The Morgan fingerprint density at radius 3 is 2.45 bits per heavy atom. The topological polar surface area (TPSA) is 120 Å². The second-order valence-corrected chi connectivity index (χ2v) is 9.72. The predicted molar refractivity (Wildman–Crippen MR) is 127 cm³/mol. The Hall–Kier alpha value is -3.41. The first-order chi connectivity index (χ1) is 15.8. The molecule has 0 aliphatic heterocycles. The van der Waals surface area contributed by atoms with Gasteiger partial charge in [-0.2, -0.15) is 0 Å². The zero-order valence-electron chi connectivity index (χ0n) is 17.3. The SMILES string of the molecule is COc1ccc2c(Cl)c(C(=O)Nc3ccc(S(=O)(=O)Nc4nccnc4OC)cc3)sc2c1. The molecule has 4 rings (SSSR count). The first-order valence-corrected chi connectivity index (χ1v) is 12.1. The summed E-state index contributed by atoms with van der Waals surface area (Å²) in [5.41, 5.74) is 0.405. The Bertz CT molecular complexity index is 1440. The van der Waals surface area contributed by atoms with Gasteiger partial charge in [0.1, 0.15) is 10.6 Å². The van der Waals surface area contributed by atoms with Crippen LogP contribution in [0, 0.1) is 0 Å². The molecule has 1 amide bonds. The highest BCUT2D eigenvalue weighted by Crippen LogP contribution is 2.37. The number of carbonyl (C=O) groups excluding carboxylic acids is 1. The van der Waals surface area contributed by atoms with Gasteiger partial charge in [0.2, 0.25) is 5.82 Å². The summed E-state index contributed by atoms with van der Waals surface area (Å²) < 4.78 is 38.7. The average Bonchev–Trinajstić information content (AvgIpc) is 3.15. The van der Waals surface area contributed by atoms with Crippen LogP contribution in [-0.4, -0.2) is 38.5 Å². The van der Waals surface area contributed by atoms with Crippen LogP contribution >= 0.6 is 22.9 Å². The third-order valence-corrected chi connectivity index (χ3v) is 7.57. The molecule has 0 fully saturated rings. The van der Waals surface area contributed by atoms with Gasteiger partial charge in [-0.3, -0.25) is 9.52 Å². The van der Waals surface area contributed by atoms with Crippen LogP contribution in [-0.2, 0) is 10.0 Å². The molecule has 170 valence electrons. The van der Waals surface area contributed by atoms with Crippen molar-refractivity contribution < 1.29 is 22.7 Å². The number of aromatic nitrogens is 2. The number of anilines is 2. The third kappa shape index (κ3) is 4.70. The number of amides is 1. The maximum atomic E-state index is 12.8. The molecule has 9 nitrogen and oxygen atoms in total. The summed E-state index contributed by atoms with van der Waals surface area (Å²) in [5.74, 6) is 0.270. The van der Waals surface area contributed by atoms with Crippen molar-refractivity contribution >= 4 is 60.5 Å². The van der Waals surface area contributed by atoms with Gasteiger partial charge in [-0.05, 0) is 42.5 Å². The standard InChI is InChI=1S/C21H17ClN4O5S2/c1-30-13-5-8-15-16(11-13)32-18(17(15)22)20(27)25-12-3-6-14(7-4-12)33(28,29)26-19-21(31-2)24-10-9-23-19/h3-11H,1-2H3,(H,23,26)(H,25,27). The molecule has 0 saturated heterocycles. The van der Waals surface area contributed by atoms with E-state index in [4.69, 9.17) is 21.1 Å². The number of rotatable bonds is 7. The zero-order valence-corrected chi connectivity index (χ0v) is 19.7. The predicted octanol–water partition coefficient (Wildman–Crippen LogP) is 4.42. The summed E-state index contributed by atoms with van der Waals surface area (Å²) in [7, 11) is -1.03. The van der Waals surface area contributed by atoms with Crippen LogP contribution in [0.5, 0.6) is 11.6 Å². The van der Waals surface area contributed by atoms with Crippen molar-refractivity contribution in [1.29, 1.82) is 0 Å². The normalized spacial score (nSPS) is 11.2. The minimum Gasteiger partial charge on any atom is -0.497 e. The molecule has 2 heterocycles. The molecule has 0 saturated carbocycles. The molecule has 0 bridgehead atoms. The summed E-state index contributed by atoms with van der Waals surface area (Å²) >= 11 is 7.64. The van der Waals surface area contributed by atoms with E-state index in [1.165, 1.54) is 55.1 Å². The van der Waals surface area contributed by atoms with Crippen LogP contribution in [0.1, 0.15) is 9.67 Å². The van der Waals surface area contributed by atoms with Gasteiger partial charge in [0, 0.05) is 28.2 Å². The van der Waals surface area contributed by atoms with Gasteiger partial charge in [-0.1, -0.05) is 11.6 Å². The Morgan fingerprint density at radius 1 is 1.03 bits per heavy atom. The highest BCUT2D eigenvalue weighted by atomic mass is 35.5. The first kappa shape index (κ1) is 22.8. The first-order valence-electron chi connectivity index (χ1n) is 9.37. The van der Waals surface area contributed by atoms with Gasteiger partial charge >= 0.3 is 0 Å². The second-order valence-electron chi connectivity index (χ2n) is 6.61. The number of hydrogen-bond donors (Lipinski definition) is 2. The molecule has 2 N–H and O–H groups in total. The maximum absolute atomic E-state index is 12.8. The Morgan fingerprint density at radius 2 is 1.76 bits per heavy atom. The highest BCUT2D eigenvalue weighted by molar-refractivity contribution is 7.92. The monoisotopic (exact) mass is 504 g/mol. The van der Waals surface area contributed by atoms with Gasteiger partial charge < -0.3 is 14.8 Å². The number of sulfonamides is 1. The Labute approximate surface area is 198 Å². The quantitative estimate of drug-likeness (QED) is 0.382. The van der Waals surface area contributed by atoms with Crippen molar-refractivity contribution in [1.82, 2.24) is 9.97 Å². The van der Waals surface area contributed by atoms with Crippen molar-refractivity contribution in [3.63, 3.8) is 0 Å². The van der Waals surface area contributed by atoms with Gasteiger partial charge in [-0.15, -0.1) is 11.3 Å². The lowest BCUT2D eigenvalue weighted by atomic mass is 10.2. The fourth-order valence-electron chi connectivity index (χ4n) is 2.95. The Balaban J connectivity index is 1.52. The minimum atomic E-state index is -3.95. The maximum Gasteiger partial charge on any atom is 0.267 e. The van der Waals surface area contributed by atoms with E-state index in [2.05, 4.69) is 20.0 Å². The molecule has 0 aliphatic carbocycles. The van der Waals surface area contributed by atoms with Crippen molar-refractivity contribution in [3.05, 3.63) is 64.8 Å². The van der Waals surface area contributed by atoms with Gasteiger partial charge in [-0.25, -0.2) is 18.4 Å². The molecule has 2 aromatic carbocycles. The molecule has 0 radical (unpaired) electrons. The minimum absolute atomic E-state index is 0.0276. The van der Waals surface area contributed by atoms with Crippen molar-refractivity contribution in [3.8, 4) is 11.6 Å². The summed E-state index contributed by atoms with van der Waals surface area (Å²) in [4.78, 5) is 20.9. The van der Waals surface area contributed by atoms with Crippen LogP contribution in [0.3, 0.4) is 0 Å². The van der Waals surface area contributed by atoms with E-state index in [0.29, 0.717) is 21.3 Å². The van der Waals surface area contributed by atoms with Crippen LogP contribution in [0.25, 0.3) is 10.1 Å². The number of halogens is 1. The zero-order chi connectivity index (χ0) is 23.6. The van der Waals surface area contributed by atoms with Gasteiger partial charge in [0.15, 0.2) is 0 Å². The number of fused-ring (bicyclic) bond motifs is 1. The highest BCUT2D eigenvalue weighted by Gasteiger charge is 2.20. The Kier molecular flexibility index (Phi) is 6.36. The number of carbonyl (C=O) groups is 1. The van der Waals surface area contributed by atoms with Crippen LogP contribution in [0.4, 0.5) is 11.5 Å². The lowest BCUT2D eigenvalue weighted by Crippen LogP contribution is -2.15. The van der Waals surface area contributed by atoms with E-state index in [1.54, 1.807) is 25.3 Å². The molecule has 0 spiro atoms. The molecule has 2 aromatic heterocycles. The number of nitrogens with one attached hydrogen (secondary N) is 2. The number of benzene rings is 2. The van der Waals surface area contributed by atoms with Crippen molar-refractivity contribution in [2.24, 2.45) is 0 Å². The van der Waals surface area contributed by atoms with Crippen LogP contribution < -0.4 is 19.5 Å².